The summed E-state index contributed by atoms with van der Waals surface area (Å²) in [5.41, 5.74) is -0.0408. The highest BCUT2D eigenvalue weighted by atomic mass is 127. The Balaban J connectivity index is 2.28. The van der Waals surface area contributed by atoms with Gasteiger partial charge in [0.05, 0.1) is 9.13 Å². The number of benzene rings is 1. The molecule has 0 radical (unpaired) electrons. The van der Waals surface area contributed by atoms with Gasteiger partial charge in [-0.25, -0.2) is 4.79 Å². The molecule has 0 saturated carbocycles. The number of hydrogen-bond donors (Lipinski definition) is 1. The number of aromatic nitrogens is 2. The number of carbonyl (C=O) groups is 1. The zero-order chi connectivity index (χ0) is 14.9. The van der Waals surface area contributed by atoms with Crippen LogP contribution in [0, 0.1) is 3.57 Å². The normalized spacial score (nSPS) is 11.4. The van der Waals surface area contributed by atoms with E-state index in [9.17, 15) is 18.0 Å². The molecule has 1 aromatic carbocycles. The maximum atomic E-state index is 12.3. The molecule has 1 aromatic heterocycles. The van der Waals surface area contributed by atoms with E-state index < -0.39 is 18.0 Å². The number of carboxylic acids is 1. The molecule has 5 nitrogen and oxygen atoms in total. The zero-order valence-corrected chi connectivity index (χ0v) is 12.3. The molecule has 0 atom stereocenters. The Labute approximate surface area is 127 Å². The van der Waals surface area contributed by atoms with E-state index in [1.54, 1.807) is 0 Å². The lowest BCUT2D eigenvalue weighted by Crippen LogP contribution is -2.07. The Morgan fingerprint density at radius 2 is 2.10 bits per heavy atom. The van der Waals surface area contributed by atoms with Crippen molar-refractivity contribution in [3.8, 4) is 10.9 Å². The third-order valence-corrected chi connectivity index (χ3v) is 3.52. The van der Waals surface area contributed by atoms with Crippen LogP contribution in [0.15, 0.2) is 18.2 Å². The topological polar surface area (TPSA) is 72.3 Å². The van der Waals surface area contributed by atoms with Crippen molar-refractivity contribution >= 4 is 40.1 Å². The second kappa shape index (κ2) is 5.52. The van der Waals surface area contributed by atoms with E-state index in [0.717, 1.165) is 0 Å². The number of hydrogen-bond acceptors (Lipinski definition) is 5. The first-order valence-electron chi connectivity index (χ1n) is 4.89. The third kappa shape index (κ3) is 3.36. The van der Waals surface area contributed by atoms with Crippen molar-refractivity contribution in [3.63, 3.8) is 0 Å². The van der Waals surface area contributed by atoms with Crippen molar-refractivity contribution in [1.82, 2.24) is 9.36 Å². The van der Waals surface area contributed by atoms with Gasteiger partial charge in [0, 0.05) is 11.5 Å². The Hall–Kier alpha value is -1.43. The van der Waals surface area contributed by atoms with Gasteiger partial charge in [-0.2, -0.15) is 22.5 Å². The van der Waals surface area contributed by atoms with Crippen LogP contribution < -0.4 is 4.74 Å². The molecule has 2 rings (SSSR count). The van der Waals surface area contributed by atoms with Crippen molar-refractivity contribution in [2.24, 2.45) is 0 Å². The molecule has 20 heavy (non-hydrogen) atoms. The molecule has 106 valence electrons. The molecule has 1 heterocycles. The summed E-state index contributed by atoms with van der Waals surface area (Å²) in [7, 11) is 0. The first-order valence-corrected chi connectivity index (χ1v) is 6.74. The summed E-state index contributed by atoms with van der Waals surface area (Å²) in [6.07, 6.45) is -4.64. The van der Waals surface area contributed by atoms with E-state index >= 15 is 0 Å². The van der Waals surface area contributed by atoms with Gasteiger partial charge >= 0.3 is 12.1 Å². The number of halogens is 4. The monoisotopic (exact) mass is 416 g/mol. The van der Waals surface area contributed by atoms with Crippen LogP contribution in [0.25, 0.3) is 0 Å². The molecular weight excluding hydrogens is 412 g/mol. The van der Waals surface area contributed by atoms with Gasteiger partial charge in [-0.05, 0) is 40.8 Å². The number of ether oxygens (including phenoxy) is 1. The van der Waals surface area contributed by atoms with Crippen LogP contribution in [0.2, 0.25) is 0 Å². The molecule has 0 aliphatic carbocycles. The number of nitrogens with zero attached hydrogens (tertiary/aromatic N) is 2. The van der Waals surface area contributed by atoms with Gasteiger partial charge < -0.3 is 9.84 Å². The first kappa shape index (κ1) is 15.0. The van der Waals surface area contributed by atoms with Crippen molar-refractivity contribution in [3.05, 3.63) is 33.2 Å². The summed E-state index contributed by atoms with van der Waals surface area (Å²) in [4.78, 5) is 14.0. The van der Waals surface area contributed by atoms with E-state index in [1.165, 1.54) is 18.2 Å². The summed E-state index contributed by atoms with van der Waals surface area (Å²) in [6.45, 7) is 0. The highest BCUT2D eigenvalue weighted by molar-refractivity contribution is 14.1. The lowest BCUT2D eigenvalue weighted by Gasteiger charge is -2.05. The quantitative estimate of drug-likeness (QED) is 0.774. The predicted octanol–water partition coefficient (Wildman–Crippen LogP) is 3.65. The van der Waals surface area contributed by atoms with Crippen LogP contribution in [0.5, 0.6) is 10.9 Å². The fraction of sp³-hybridized carbons (Fsp3) is 0.100. The third-order valence-electron chi connectivity index (χ3n) is 2.04. The SMILES string of the molecule is O=C(O)c1ccc(I)c(Oc2nc(C(F)(F)F)ns2)c1. The number of rotatable bonds is 3. The second-order valence-corrected chi connectivity index (χ2v) is 5.31. The highest BCUT2D eigenvalue weighted by Gasteiger charge is 2.36. The van der Waals surface area contributed by atoms with E-state index in [-0.39, 0.29) is 16.5 Å². The summed E-state index contributed by atoms with van der Waals surface area (Å²) in [6, 6.07) is 4.04. The van der Waals surface area contributed by atoms with Crippen molar-refractivity contribution in [2.45, 2.75) is 6.18 Å². The highest BCUT2D eigenvalue weighted by Crippen LogP contribution is 2.33. The van der Waals surface area contributed by atoms with Crippen LogP contribution in [0.4, 0.5) is 13.2 Å². The van der Waals surface area contributed by atoms with E-state index in [1.807, 2.05) is 22.6 Å². The molecule has 0 bridgehead atoms. The van der Waals surface area contributed by atoms with Crippen LogP contribution in [-0.2, 0) is 6.18 Å². The fourth-order valence-electron chi connectivity index (χ4n) is 1.17. The van der Waals surface area contributed by atoms with Gasteiger partial charge in [0.15, 0.2) is 0 Å². The zero-order valence-electron chi connectivity index (χ0n) is 9.31. The minimum atomic E-state index is -4.64. The van der Waals surface area contributed by atoms with Gasteiger partial charge in [0.1, 0.15) is 5.75 Å². The van der Waals surface area contributed by atoms with E-state index in [2.05, 4.69) is 9.36 Å². The van der Waals surface area contributed by atoms with Crippen LogP contribution in [0.1, 0.15) is 16.2 Å². The lowest BCUT2D eigenvalue weighted by molar-refractivity contribution is -0.144. The molecule has 1 N–H and O–H groups in total. The molecule has 2 aromatic rings. The Morgan fingerprint density at radius 1 is 1.40 bits per heavy atom. The predicted molar refractivity (Wildman–Crippen MR) is 71.1 cm³/mol. The van der Waals surface area contributed by atoms with E-state index in [4.69, 9.17) is 9.84 Å². The van der Waals surface area contributed by atoms with Gasteiger partial charge in [0.2, 0.25) is 0 Å². The summed E-state index contributed by atoms with van der Waals surface area (Å²) in [5, 5.41) is 8.54. The van der Waals surface area contributed by atoms with Crippen molar-refractivity contribution in [1.29, 1.82) is 0 Å². The Kier molecular flexibility index (Phi) is 4.13. The van der Waals surface area contributed by atoms with Gasteiger partial charge in [-0.3, -0.25) is 0 Å². The van der Waals surface area contributed by atoms with E-state index in [0.29, 0.717) is 15.1 Å². The molecule has 0 saturated heterocycles. The second-order valence-electron chi connectivity index (χ2n) is 3.43. The molecule has 0 aliphatic heterocycles. The minimum absolute atomic E-state index is 0.0408. The van der Waals surface area contributed by atoms with Crippen molar-refractivity contribution in [2.75, 3.05) is 0 Å². The maximum Gasteiger partial charge on any atom is 0.452 e. The molecule has 10 heteroatoms. The minimum Gasteiger partial charge on any atom is -0.478 e. The first-order chi connectivity index (χ1) is 9.27. The average molecular weight is 416 g/mol. The number of carboxylic acid groups (broad SMARTS) is 1. The summed E-state index contributed by atoms with van der Waals surface area (Å²) in [5.74, 6) is -2.35. The molecule has 0 spiro atoms. The lowest BCUT2D eigenvalue weighted by atomic mass is 10.2. The maximum absolute atomic E-state index is 12.3. The standard InChI is InChI=1S/C10H4F3IN2O3S/c11-10(12,13)8-15-9(20-16-8)19-6-3-4(7(17)18)1-2-5(6)14/h1-3H,(H,17,18). The molecule has 0 amide bonds. The smallest absolute Gasteiger partial charge is 0.452 e. The largest absolute Gasteiger partial charge is 0.478 e. The average Bonchev–Trinajstić information content (AvgIpc) is 2.80. The number of alkyl halides is 3. The Morgan fingerprint density at radius 3 is 2.65 bits per heavy atom. The summed E-state index contributed by atoms with van der Waals surface area (Å²) < 4.78 is 45.8. The molecule has 0 aliphatic rings. The molecular formula is C10H4F3IN2O3S. The molecule has 0 fully saturated rings. The molecule has 0 unspecified atom stereocenters. The summed E-state index contributed by atoms with van der Waals surface area (Å²) >= 11 is 2.31. The van der Waals surface area contributed by atoms with Crippen molar-refractivity contribution < 1.29 is 27.8 Å². The Bertz CT molecular complexity index is 659. The van der Waals surface area contributed by atoms with Gasteiger partial charge in [-0.15, -0.1) is 0 Å². The fourth-order valence-corrected chi connectivity index (χ4v) is 2.18. The van der Waals surface area contributed by atoms with Crippen LogP contribution in [0.3, 0.4) is 0 Å². The van der Waals surface area contributed by atoms with Gasteiger partial charge in [0.25, 0.3) is 11.0 Å². The van der Waals surface area contributed by atoms with Crippen LogP contribution >= 0.6 is 34.1 Å². The number of aromatic carboxylic acids is 1. The van der Waals surface area contributed by atoms with Gasteiger partial charge in [-0.1, -0.05) is 0 Å². The van der Waals surface area contributed by atoms with Crippen LogP contribution in [-0.4, -0.2) is 20.4 Å².